The molecule has 1 aliphatic rings. The van der Waals surface area contributed by atoms with Gasteiger partial charge in [-0.1, -0.05) is 0 Å². The molecule has 2 N–H and O–H groups in total. The smallest absolute Gasteiger partial charge is 0.267 e. The summed E-state index contributed by atoms with van der Waals surface area (Å²) in [7, 11) is 0. The number of aromatic nitrogens is 5. The van der Waals surface area contributed by atoms with Crippen molar-refractivity contribution in [2.75, 3.05) is 18.0 Å². The van der Waals surface area contributed by atoms with Gasteiger partial charge < -0.3 is 15.4 Å². The summed E-state index contributed by atoms with van der Waals surface area (Å²) in [4.78, 5) is 17.1. The lowest BCUT2D eigenvalue weighted by molar-refractivity contribution is 0.0994. The van der Waals surface area contributed by atoms with Gasteiger partial charge in [0.2, 0.25) is 0 Å². The van der Waals surface area contributed by atoms with Crippen molar-refractivity contribution in [3.63, 3.8) is 0 Å². The zero-order valence-electron chi connectivity index (χ0n) is 12.0. The van der Waals surface area contributed by atoms with Gasteiger partial charge in [0.1, 0.15) is 29.7 Å². The predicted octanol–water partition coefficient (Wildman–Crippen LogP) is -0.114. The van der Waals surface area contributed by atoms with Crippen LogP contribution in [0, 0.1) is 0 Å². The fraction of sp³-hybridized carbons (Fsp3) is 0.214. The lowest BCUT2D eigenvalue weighted by Crippen LogP contribution is -2.54. The number of fused-ring (bicyclic) bond motifs is 1. The van der Waals surface area contributed by atoms with Gasteiger partial charge in [-0.15, -0.1) is 15.3 Å². The molecule has 116 valence electrons. The highest BCUT2D eigenvalue weighted by atomic mass is 16.5. The van der Waals surface area contributed by atoms with Gasteiger partial charge in [0.05, 0.1) is 13.1 Å². The van der Waals surface area contributed by atoms with Gasteiger partial charge in [-0.25, -0.2) is 0 Å². The first-order chi connectivity index (χ1) is 11.2. The van der Waals surface area contributed by atoms with Gasteiger partial charge >= 0.3 is 0 Å². The third kappa shape index (κ3) is 2.52. The van der Waals surface area contributed by atoms with Crippen LogP contribution in [-0.4, -0.2) is 49.9 Å². The van der Waals surface area contributed by atoms with E-state index in [0.29, 0.717) is 24.5 Å². The Labute approximate surface area is 130 Å². The van der Waals surface area contributed by atoms with E-state index in [1.54, 1.807) is 23.0 Å². The highest BCUT2D eigenvalue weighted by Crippen LogP contribution is 2.22. The number of hydrogen-bond donors (Lipinski definition) is 1. The van der Waals surface area contributed by atoms with Gasteiger partial charge in [0, 0.05) is 12.3 Å². The van der Waals surface area contributed by atoms with Crippen molar-refractivity contribution in [2.24, 2.45) is 5.73 Å². The molecule has 9 nitrogen and oxygen atoms in total. The number of rotatable bonds is 4. The first kappa shape index (κ1) is 13.4. The minimum atomic E-state index is -0.572. The molecule has 0 spiro atoms. The van der Waals surface area contributed by atoms with Crippen LogP contribution in [0.1, 0.15) is 10.5 Å². The highest BCUT2D eigenvalue weighted by Gasteiger charge is 2.30. The van der Waals surface area contributed by atoms with Crippen molar-refractivity contribution in [1.82, 2.24) is 24.8 Å². The summed E-state index contributed by atoms with van der Waals surface area (Å²) in [6, 6.07) is 7.02. The fourth-order valence-corrected chi connectivity index (χ4v) is 2.40. The van der Waals surface area contributed by atoms with Gasteiger partial charge in [-0.3, -0.25) is 9.78 Å². The van der Waals surface area contributed by atoms with E-state index < -0.39 is 5.91 Å². The number of nitrogens with zero attached hydrogens (tertiary/aromatic N) is 6. The Bertz CT molecular complexity index is 872. The number of carbonyl (C=O) groups is 1. The molecule has 1 saturated heterocycles. The lowest BCUT2D eigenvalue weighted by atomic mass is 10.1. The van der Waals surface area contributed by atoms with E-state index in [0.717, 1.165) is 5.82 Å². The Morgan fingerprint density at radius 3 is 3.00 bits per heavy atom. The number of anilines is 1. The van der Waals surface area contributed by atoms with Crippen LogP contribution in [0.15, 0.2) is 36.8 Å². The molecule has 0 aromatic carbocycles. The van der Waals surface area contributed by atoms with E-state index in [1.165, 1.54) is 6.20 Å². The molecule has 3 aromatic rings. The zero-order chi connectivity index (χ0) is 15.8. The maximum atomic E-state index is 11.1. The monoisotopic (exact) mass is 311 g/mol. The molecular formula is C14H13N7O2. The van der Waals surface area contributed by atoms with Gasteiger partial charge in [-0.2, -0.15) is 4.52 Å². The molecule has 4 rings (SSSR count). The first-order valence-corrected chi connectivity index (χ1v) is 7.03. The van der Waals surface area contributed by atoms with Crippen molar-refractivity contribution in [3.05, 3.63) is 42.5 Å². The van der Waals surface area contributed by atoms with Crippen molar-refractivity contribution >= 4 is 17.4 Å². The number of ether oxygens (including phenoxy) is 1. The number of nitrogens with two attached hydrogens (primary N) is 1. The summed E-state index contributed by atoms with van der Waals surface area (Å²) in [5.41, 5.74) is 6.11. The SMILES string of the molecule is NC(=O)c1cc(OC2CN(c3ccc4nncn4n3)C2)ccn1. The maximum Gasteiger partial charge on any atom is 0.267 e. The Morgan fingerprint density at radius 1 is 1.30 bits per heavy atom. The van der Waals surface area contributed by atoms with Crippen LogP contribution in [0.25, 0.3) is 5.65 Å². The van der Waals surface area contributed by atoms with Gasteiger partial charge in [-0.05, 0) is 18.2 Å². The number of amides is 1. The summed E-state index contributed by atoms with van der Waals surface area (Å²) in [5.74, 6) is 0.850. The Balaban J connectivity index is 1.41. The second-order valence-corrected chi connectivity index (χ2v) is 5.21. The number of hydrogen-bond acceptors (Lipinski definition) is 7. The molecule has 0 radical (unpaired) electrons. The van der Waals surface area contributed by atoms with Crippen molar-refractivity contribution in [2.45, 2.75) is 6.10 Å². The van der Waals surface area contributed by atoms with E-state index in [1.807, 2.05) is 12.1 Å². The molecule has 9 heteroatoms. The third-order valence-electron chi connectivity index (χ3n) is 3.61. The lowest BCUT2D eigenvalue weighted by Gasteiger charge is -2.39. The average Bonchev–Trinajstić information content (AvgIpc) is 2.98. The summed E-state index contributed by atoms with van der Waals surface area (Å²) >= 11 is 0. The van der Waals surface area contributed by atoms with Crippen LogP contribution >= 0.6 is 0 Å². The molecule has 23 heavy (non-hydrogen) atoms. The van der Waals surface area contributed by atoms with Crippen molar-refractivity contribution in [3.8, 4) is 5.75 Å². The Kier molecular flexibility index (Phi) is 3.04. The average molecular weight is 311 g/mol. The van der Waals surface area contributed by atoms with E-state index in [9.17, 15) is 4.79 Å². The quantitative estimate of drug-likeness (QED) is 0.715. The normalized spacial score (nSPS) is 14.7. The van der Waals surface area contributed by atoms with E-state index in [-0.39, 0.29) is 11.8 Å². The molecule has 0 aliphatic carbocycles. The Hall–Kier alpha value is -3.23. The minimum absolute atomic E-state index is 0.0246. The number of carbonyl (C=O) groups excluding carboxylic acids is 1. The minimum Gasteiger partial charge on any atom is -0.487 e. The Morgan fingerprint density at radius 2 is 2.17 bits per heavy atom. The van der Waals surface area contributed by atoms with Crippen LogP contribution in [0.3, 0.4) is 0 Å². The molecule has 3 aromatic heterocycles. The van der Waals surface area contributed by atoms with Crippen LogP contribution in [-0.2, 0) is 0 Å². The highest BCUT2D eigenvalue weighted by molar-refractivity contribution is 5.91. The van der Waals surface area contributed by atoms with E-state index in [2.05, 4.69) is 25.2 Å². The molecule has 1 fully saturated rings. The summed E-state index contributed by atoms with van der Waals surface area (Å²) in [6.07, 6.45) is 3.10. The maximum absolute atomic E-state index is 11.1. The van der Waals surface area contributed by atoms with Crippen molar-refractivity contribution in [1.29, 1.82) is 0 Å². The molecule has 0 saturated carbocycles. The van der Waals surface area contributed by atoms with E-state index in [4.69, 9.17) is 10.5 Å². The van der Waals surface area contributed by atoms with Gasteiger partial charge in [0.25, 0.3) is 5.91 Å². The number of primary amides is 1. The summed E-state index contributed by atoms with van der Waals surface area (Å²) in [5, 5.41) is 12.1. The number of pyridine rings is 1. The van der Waals surface area contributed by atoms with Crippen LogP contribution in [0.5, 0.6) is 5.75 Å². The molecular weight excluding hydrogens is 298 g/mol. The first-order valence-electron chi connectivity index (χ1n) is 7.03. The molecule has 0 atom stereocenters. The predicted molar refractivity (Wildman–Crippen MR) is 80.2 cm³/mol. The van der Waals surface area contributed by atoms with E-state index >= 15 is 0 Å². The molecule has 1 aliphatic heterocycles. The second kappa shape index (κ2) is 5.20. The topological polar surface area (TPSA) is 112 Å². The van der Waals surface area contributed by atoms with Crippen LogP contribution < -0.4 is 15.4 Å². The van der Waals surface area contributed by atoms with Crippen LogP contribution in [0.4, 0.5) is 5.82 Å². The molecule has 0 unspecified atom stereocenters. The van der Waals surface area contributed by atoms with Crippen LogP contribution in [0.2, 0.25) is 0 Å². The standard InChI is InChI=1S/C14H13N7O2/c15-14(22)11-5-9(3-4-16-11)23-10-6-20(7-10)13-2-1-12-18-17-8-21(12)19-13/h1-5,8,10H,6-7H2,(H2,15,22). The summed E-state index contributed by atoms with van der Waals surface area (Å²) in [6.45, 7) is 1.41. The van der Waals surface area contributed by atoms with Crippen molar-refractivity contribution < 1.29 is 9.53 Å². The van der Waals surface area contributed by atoms with Gasteiger partial charge in [0.15, 0.2) is 5.65 Å². The second-order valence-electron chi connectivity index (χ2n) is 5.21. The summed E-state index contributed by atoms with van der Waals surface area (Å²) < 4.78 is 7.45. The fourth-order valence-electron chi connectivity index (χ4n) is 2.40. The third-order valence-corrected chi connectivity index (χ3v) is 3.61. The zero-order valence-corrected chi connectivity index (χ0v) is 12.0. The largest absolute Gasteiger partial charge is 0.487 e. The molecule has 1 amide bonds. The molecule has 0 bridgehead atoms. The molecule has 4 heterocycles.